The van der Waals surface area contributed by atoms with Crippen LogP contribution in [0.3, 0.4) is 0 Å². The minimum atomic E-state index is -0.614. The number of anilines is 1. The molecule has 0 saturated heterocycles. The third-order valence-electron chi connectivity index (χ3n) is 5.59. The van der Waals surface area contributed by atoms with Gasteiger partial charge in [0.2, 0.25) is 5.91 Å². The summed E-state index contributed by atoms with van der Waals surface area (Å²) in [5.41, 5.74) is 3.87. The number of hydrogen-bond donors (Lipinski definition) is 1. The highest BCUT2D eigenvalue weighted by atomic mass is 16.5. The lowest BCUT2D eigenvalue weighted by molar-refractivity contribution is -0.126. The zero-order chi connectivity index (χ0) is 21.3. The lowest BCUT2D eigenvalue weighted by Gasteiger charge is -2.20. The summed E-state index contributed by atoms with van der Waals surface area (Å²) in [6.07, 6.45) is 0.689. The second-order valence-electron chi connectivity index (χ2n) is 7.76. The van der Waals surface area contributed by atoms with Crippen LogP contribution in [0.25, 0.3) is 10.8 Å². The van der Waals surface area contributed by atoms with E-state index in [0.29, 0.717) is 19.6 Å². The molecule has 0 aliphatic carbocycles. The Labute approximate surface area is 176 Å². The standard InChI is InChI=1S/C25H26N2O3/c1-16-12-13-17(2)24-22(16)23(26-18(3)28)25(29)27(24)14-7-15-30-21-11-6-9-19-8-4-5-10-20(19)21/h4-6,8-13,23H,7,14-15H2,1-3H3,(H,26,28)/t23-/m1/s1. The van der Waals surface area contributed by atoms with Crippen LogP contribution >= 0.6 is 0 Å². The van der Waals surface area contributed by atoms with E-state index in [1.54, 1.807) is 4.90 Å². The third kappa shape index (κ3) is 3.63. The quantitative estimate of drug-likeness (QED) is 0.620. The van der Waals surface area contributed by atoms with Crippen LogP contribution in [0.1, 0.15) is 36.1 Å². The Bertz CT molecular complexity index is 1120. The molecule has 2 amide bonds. The Morgan fingerprint density at radius 1 is 1.03 bits per heavy atom. The largest absolute Gasteiger partial charge is 0.493 e. The maximum atomic E-state index is 13.1. The van der Waals surface area contributed by atoms with E-state index in [-0.39, 0.29) is 11.8 Å². The molecule has 30 heavy (non-hydrogen) atoms. The Morgan fingerprint density at radius 2 is 1.77 bits per heavy atom. The zero-order valence-electron chi connectivity index (χ0n) is 17.6. The molecular weight excluding hydrogens is 376 g/mol. The van der Waals surface area contributed by atoms with E-state index in [0.717, 1.165) is 38.9 Å². The first-order valence-corrected chi connectivity index (χ1v) is 10.3. The highest BCUT2D eigenvalue weighted by Gasteiger charge is 2.39. The topological polar surface area (TPSA) is 58.6 Å². The van der Waals surface area contributed by atoms with Crippen LogP contribution in [0.2, 0.25) is 0 Å². The van der Waals surface area contributed by atoms with Crippen molar-refractivity contribution in [2.45, 2.75) is 33.2 Å². The molecule has 5 nitrogen and oxygen atoms in total. The molecule has 1 aliphatic heterocycles. The van der Waals surface area contributed by atoms with Gasteiger partial charge in [-0.1, -0.05) is 48.5 Å². The number of nitrogens with zero attached hydrogens (tertiary/aromatic N) is 1. The number of benzene rings is 3. The average Bonchev–Trinajstić information content (AvgIpc) is 3.00. The minimum absolute atomic E-state index is 0.0808. The van der Waals surface area contributed by atoms with Gasteiger partial charge in [0.05, 0.1) is 12.3 Å². The number of amides is 2. The van der Waals surface area contributed by atoms with E-state index in [1.807, 2.05) is 50.2 Å². The van der Waals surface area contributed by atoms with Crippen LogP contribution in [-0.2, 0) is 9.59 Å². The van der Waals surface area contributed by atoms with Gasteiger partial charge >= 0.3 is 0 Å². The Morgan fingerprint density at radius 3 is 2.57 bits per heavy atom. The molecule has 1 heterocycles. The summed E-state index contributed by atoms with van der Waals surface area (Å²) in [5.74, 6) is 0.563. The van der Waals surface area contributed by atoms with Gasteiger partial charge in [-0.15, -0.1) is 0 Å². The van der Waals surface area contributed by atoms with E-state index >= 15 is 0 Å². The molecule has 0 radical (unpaired) electrons. The number of ether oxygens (including phenoxy) is 1. The Kier molecular flexibility index (Phi) is 5.44. The summed E-state index contributed by atoms with van der Waals surface area (Å²) in [6.45, 7) is 6.47. The van der Waals surface area contributed by atoms with Crippen molar-refractivity contribution in [1.82, 2.24) is 5.32 Å². The molecule has 1 atom stereocenters. The van der Waals surface area contributed by atoms with E-state index < -0.39 is 6.04 Å². The highest BCUT2D eigenvalue weighted by molar-refractivity contribution is 6.07. The molecule has 0 aromatic heterocycles. The monoisotopic (exact) mass is 402 g/mol. The van der Waals surface area contributed by atoms with Crippen LogP contribution in [0.4, 0.5) is 5.69 Å². The molecule has 0 bridgehead atoms. The molecule has 1 aliphatic rings. The maximum absolute atomic E-state index is 13.1. The van der Waals surface area contributed by atoms with Gasteiger partial charge in [0.1, 0.15) is 11.8 Å². The zero-order valence-corrected chi connectivity index (χ0v) is 17.6. The van der Waals surface area contributed by atoms with Crippen molar-refractivity contribution in [1.29, 1.82) is 0 Å². The Hall–Kier alpha value is -3.34. The van der Waals surface area contributed by atoms with Gasteiger partial charge in [-0.2, -0.15) is 0 Å². The highest BCUT2D eigenvalue weighted by Crippen LogP contribution is 2.40. The first kappa shape index (κ1) is 20.0. The van der Waals surface area contributed by atoms with Crippen LogP contribution in [0, 0.1) is 13.8 Å². The van der Waals surface area contributed by atoms with Crippen molar-refractivity contribution in [3.05, 3.63) is 71.3 Å². The number of hydrogen-bond acceptors (Lipinski definition) is 3. The predicted octanol–water partition coefficient (Wildman–Crippen LogP) is 4.45. The van der Waals surface area contributed by atoms with Gasteiger partial charge in [-0.3, -0.25) is 9.59 Å². The maximum Gasteiger partial charge on any atom is 0.254 e. The van der Waals surface area contributed by atoms with E-state index in [4.69, 9.17) is 4.74 Å². The van der Waals surface area contributed by atoms with Crippen molar-refractivity contribution in [3.63, 3.8) is 0 Å². The van der Waals surface area contributed by atoms with Crippen LogP contribution in [-0.4, -0.2) is 25.0 Å². The predicted molar refractivity (Wildman–Crippen MR) is 119 cm³/mol. The van der Waals surface area contributed by atoms with Crippen molar-refractivity contribution >= 4 is 28.3 Å². The number of carbonyl (C=O) groups is 2. The van der Waals surface area contributed by atoms with Gasteiger partial charge < -0.3 is 15.0 Å². The summed E-state index contributed by atoms with van der Waals surface area (Å²) in [4.78, 5) is 26.6. The molecule has 1 N–H and O–H groups in total. The first-order chi connectivity index (χ1) is 14.5. The normalized spacial score (nSPS) is 15.4. The number of rotatable bonds is 6. The smallest absolute Gasteiger partial charge is 0.254 e. The van der Waals surface area contributed by atoms with Gasteiger partial charge in [0.25, 0.3) is 5.91 Å². The van der Waals surface area contributed by atoms with Crippen LogP contribution < -0.4 is 15.0 Å². The molecule has 3 aromatic carbocycles. The van der Waals surface area contributed by atoms with Gasteiger partial charge in [0.15, 0.2) is 0 Å². The second-order valence-corrected chi connectivity index (χ2v) is 7.76. The number of aryl methyl sites for hydroxylation is 2. The van der Waals surface area contributed by atoms with Gasteiger partial charge in [-0.25, -0.2) is 0 Å². The molecule has 154 valence electrons. The molecule has 3 aromatic rings. The summed E-state index contributed by atoms with van der Waals surface area (Å²) < 4.78 is 6.04. The van der Waals surface area contributed by atoms with Gasteiger partial charge in [0, 0.05) is 24.4 Å². The number of nitrogens with one attached hydrogen (secondary N) is 1. The van der Waals surface area contributed by atoms with Crippen LogP contribution in [0.5, 0.6) is 5.75 Å². The first-order valence-electron chi connectivity index (χ1n) is 10.3. The van der Waals surface area contributed by atoms with Crippen molar-refractivity contribution in [3.8, 4) is 5.75 Å². The van der Waals surface area contributed by atoms with E-state index in [2.05, 4.69) is 23.5 Å². The van der Waals surface area contributed by atoms with Crippen molar-refractivity contribution < 1.29 is 14.3 Å². The number of fused-ring (bicyclic) bond motifs is 2. The lowest BCUT2D eigenvalue weighted by Crippen LogP contribution is -2.37. The minimum Gasteiger partial charge on any atom is -0.493 e. The van der Waals surface area contributed by atoms with E-state index in [1.165, 1.54) is 6.92 Å². The molecule has 0 fully saturated rings. The fourth-order valence-corrected chi connectivity index (χ4v) is 4.22. The SMILES string of the molecule is CC(=O)N[C@H]1C(=O)N(CCCOc2cccc3ccccc23)c2c(C)ccc(C)c21. The van der Waals surface area contributed by atoms with E-state index in [9.17, 15) is 9.59 Å². The fourth-order valence-electron chi connectivity index (χ4n) is 4.22. The Balaban J connectivity index is 1.49. The third-order valence-corrected chi connectivity index (χ3v) is 5.59. The van der Waals surface area contributed by atoms with Crippen LogP contribution in [0.15, 0.2) is 54.6 Å². The summed E-state index contributed by atoms with van der Waals surface area (Å²) in [6, 6.07) is 17.6. The van der Waals surface area contributed by atoms with Crippen molar-refractivity contribution in [2.24, 2.45) is 0 Å². The van der Waals surface area contributed by atoms with Gasteiger partial charge in [-0.05, 0) is 42.8 Å². The second kappa shape index (κ2) is 8.19. The molecule has 0 unspecified atom stereocenters. The summed E-state index contributed by atoms with van der Waals surface area (Å²) >= 11 is 0. The lowest BCUT2D eigenvalue weighted by atomic mass is 9.99. The fraction of sp³-hybridized carbons (Fsp3) is 0.280. The molecule has 4 rings (SSSR count). The summed E-state index contributed by atoms with van der Waals surface area (Å²) in [5, 5.41) is 5.05. The number of carbonyl (C=O) groups excluding carboxylic acids is 2. The molecule has 0 saturated carbocycles. The van der Waals surface area contributed by atoms with Crippen molar-refractivity contribution in [2.75, 3.05) is 18.1 Å². The molecular formula is C25H26N2O3. The summed E-state index contributed by atoms with van der Waals surface area (Å²) in [7, 11) is 0. The molecule has 0 spiro atoms. The molecule has 5 heteroatoms. The average molecular weight is 402 g/mol.